The molecule has 1 aliphatic carbocycles. The van der Waals surface area contributed by atoms with Gasteiger partial charge in [0.05, 0.1) is 0 Å². The van der Waals surface area contributed by atoms with Crippen molar-refractivity contribution >= 4 is 11.6 Å². The standard InChI is InChI=1S/C21H27F3N4O/c22-21(23,24)18-13-16(12-15-8-4-3-5-9-15)25-19-14-17(26-28(18)19)20(29)27-10-6-1-2-7-11-27/h13-15H,1-12H2. The number of likely N-dealkylation sites (tertiary alicyclic amines) is 1. The van der Waals surface area contributed by atoms with Gasteiger partial charge in [0.15, 0.2) is 11.3 Å². The average Bonchev–Trinajstić information content (AvgIpc) is 2.92. The summed E-state index contributed by atoms with van der Waals surface area (Å²) in [4.78, 5) is 19.0. The molecule has 2 aromatic heterocycles. The zero-order valence-corrected chi connectivity index (χ0v) is 16.5. The molecule has 0 unspecified atom stereocenters. The van der Waals surface area contributed by atoms with Crippen LogP contribution < -0.4 is 0 Å². The molecule has 0 aromatic carbocycles. The van der Waals surface area contributed by atoms with E-state index in [-0.39, 0.29) is 17.2 Å². The van der Waals surface area contributed by atoms with Gasteiger partial charge in [0.1, 0.15) is 5.69 Å². The van der Waals surface area contributed by atoms with Crippen molar-refractivity contribution in [3.63, 3.8) is 0 Å². The number of amides is 1. The van der Waals surface area contributed by atoms with Crippen molar-refractivity contribution in [2.24, 2.45) is 5.92 Å². The smallest absolute Gasteiger partial charge is 0.337 e. The van der Waals surface area contributed by atoms with Crippen molar-refractivity contribution in [3.05, 3.63) is 29.2 Å². The molecule has 0 spiro atoms. The fraction of sp³-hybridized carbons (Fsp3) is 0.667. The van der Waals surface area contributed by atoms with Crippen molar-refractivity contribution in [2.75, 3.05) is 13.1 Å². The van der Waals surface area contributed by atoms with Crippen molar-refractivity contribution in [1.82, 2.24) is 19.5 Å². The van der Waals surface area contributed by atoms with Crippen molar-refractivity contribution in [2.45, 2.75) is 70.4 Å². The number of aromatic nitrogens is 3. The maximum absolute atomic E-state index is 13.7. The topological polar surface area (TPSA) is 50.5 Å². The quantitative estimate of drug-likeness (QED) is 0.727. The number of halogens is 3. The van der Waals surface area contributed by atoms with E-state index in [0.717, 1.165) is 61.9 Å². The Labute approximate surface area is 168 Å². The van der Waals surface area contributed by atoms with Crippen LogP contribution in [0.25, 0.3) is 5.65 Å². The molecule has 1 saturated heterocycles. The normalized spacial score (nSPS) is 19.5. The molecule has 3 heterocycles. The molecule has 2 fully saturated rings. The minimum atomic E-state index is -4.56. The maximum atomic E-state index is 13.7. The molecular weight excluding hydrogens is 381 g/mol. The second-order valence-corrected chi connectivity index (χ2v) is 8.34. The van der Waals surface area contributed by atoms with Gasteiger partial charge in [-0.1, -0.05) is 44.9 Å². The number of carbonyl (C=O) groups is 1. The Morgan fingerprint density at radius 2 is 1.66 bits per heavy atom. The maximum Gasteiger partial charge on any atom is 0.433 e. The number of hydrogen-bond donors (Lipinski definition) is 0. The van der Waals surface area contributed by atoms with Crippen LogP contribution in [0.15, 0.2) is 12.1 Å². The molecule has 0 N–H and O–H groups in total. The molecule has 2 aliphatic rings. The van der Waals surface area contributed by atoms with Crippen LogP contribution in [0.4, 0.5) is 13.2 Å². The van der Waals surface area contributed by atoms with Gasteiger partial charge in [-0.3, -0.25) is 4.79 Å². The minimum Gasteiger partial charge on any atom is -0.337 e. The number of nitrogens with zero attached hydrogens (tertiary/aromatic N) is 4. The minimum absolute atomic E-state index is 0.0414. The molecule has 2 aromatic rings. The Bertz CT molecular complexity index is 863. The Balaban J connectivity index is 1.67. The molecule has 4 rings (SSSR count). The first-order chi connectivity index (χ1) is 13.9. The first kappa shape index (κ1) is 20.2. The number of fused-ring (bicyclic) bond motifs is 1. The lowest BCUT2D eigenvalue weighted by Crippen LogP contribution is -2.32. The molecule has 5 nitrogen and oxygen atoms in total. The molecule has 0 atom stereocenters. The summed E-state index contributed by atoms with van der Waals surface area (Å²) in [5.41, 5.74) is -0.280. The van der Waals surface area contributed by atoms with Crippen LogP contribution in [0.1, 0.15) is 79.7 Å². The monoisotopic (exact) mass is 408 g/mol. The van der Waals surface area contributed by atoms with E-state index in [0.29, 0.717) is 31.1 Å². The third kappa shape index (κ3) is 4.56. The van der Waals surface area contributed by atoms with Crippen molar-refractivity contribution in [3.8, 4) is 0 Å². The van der Waals surface area contributed by atoms with Gasteiger partial charge in [0, 0.05) is 24.8 Å². The van der Waals surface area contributed by atoms with E-state index in [9.17, 15) is 18.0 Å². The van der Waals surface area contributed by atoms with Gasteiger partial charge in [-0.05, 0) is 31.2 Å². The lowest BCUT2D eigenvalue weighted by atomic mass is 9.86. The number of hydrogen-bond acceptors (Lipinski definition) is 3. The van der Waals surface area contributed by atoms with Crippen molar-refractivity contribution < 1.29 is 18.0 Å². The molecule has 1 aliphatic heterocycles. The molecule has 0 bridgehead atoms. The second-order valence-electron chi connectivity index (χ2n) is 8.34. The number of alkyl halides is 3. The SMILES string of the molecule is O=C(c1cc2nc(CC3CCCCC3)cc(C(F)(F)F)n2n1)N1CCCCCC1. The zero-order chi connectivity index (χ0) is 20.4. The van der Waals surface area contributed by atoms with Gasteiger partial charge in [-0.25, -0.2) is 9.50 Å². The van der Waals surface area contributed by atoms with Gasteiger partial charge >= 0.3 is 6.18 Å². The Hall–Kier alpha value is -2.12. The molecule has 0 radical (unpaired) electrons. The summed E-state index contributed by atoms with van der Waals surface area (Å²) in [6.07, 6.45) is 5.46. The summed E-state index contributed by atoms with van der Waals surface area (Å²) in [6.45, 7) is 1.25. The van der Waals surface area contributed by atoms with Gasteiger partial charge < -0.3 is 4.90 Å². The summed E-state index contributed by atoms with van der Waals surface area (Å²) >= 11 is 0. The highest BCUT2D eigenvalue weighted by Gasteiger charge is 2.36. The fourth-order valence-corrected chi connectivity index (χ4v) is 4.56. The fourth-order valence-electron chi connectivity index (χ4n) is 4.56. The molecule has 29 heavy (non-hydrogen) atoms. The van der Waals surface area contributed by atoms with E-state index in [1.807, 2.05) is 0 Å². The Kier molecular flexibility index (Phi) is 5.79. The molecular formula is C21H27F3N4O. The highest BCUT2D eigenvalue weighted by molar-refractivity contribution is 5.93. The summed E-state index contributed by atoms with van der Waals surface area (Å²) in [5, 5.41) is 4.02. The highest BCUT2D eigenvalue weighted by atomic mass is 19.4. The number of carbonyl (C=O) groups excluding carboxylic acids is 1. The van der Waals surface area contributed by atoms with Crippen LogP contribution >= 0.6 is 0 Å². The summed E-state index contributed by atoms with van der Waals surface area (Å²) in [7, 11) is 0. The first-order valence-electron chi connectivity index (χ1n) is 10.7. The highest BCUT2D eigenvalue weighted by Crippen LogP contribution is 2.32. The van der Waals surface area contributed by atoms with Crippen LogP contribution in [-0.4, -0.2) is 38.5 Å². The molecule has 158 valence electrons. The van der Waals surface area contributed by atoms with Crippen LogP contribution in [-0.2, 0) is 12.6 Å². The Morgan fingerprint density at radius 1 is 1.00 bits per heavy atom. The van der Waals surface area contributed by atoms with E-state index >= 15 is 0 Å². The summed E-state index contributed by atoms with van der Waals surface area (Å²) < 4.78 is 41.9. The van der Waals surface area contributed by atoms with E-state index < -0.39 is 11.9 Å². The van der Waals surface area contributed by atoms with E-state index in [1.165, 1.54) is 12.5 Å². The van der Waals surface area contributed by atoms with Gasteiger partial charge in [-0.2, -0.15) is 18.3 Å². The molecule has 8 heteroatoms. The predicted octanol–water partition coefficient (Wildman–Crippen LogP) is 4.89. The predicted molar refractivity (Wildman–Crippen MR) is 103 cm³/mol. The number of rotatable bonds is 3. The molecule has 1 amide bonds. The largest absolute Gasteiger partial charge is 0.433 e. The van der Waals surface area contributed by atoms with Crippen LogP contribution in [0.5, 0.6) is 0 Å². The van der Waals surface area contributed by atoms with Crippen LogP contribution in [0, 0.1) is 5.92 Å². The van der Waals surface area contributed by atoms with Crippen molar-refractivity contribution in [1.29, 1.82) is 0 Å². The van der Waals surface area contributed by atoms with E-state index in [2.05, 4.69) is 10.1 Å². The van der Waals surface area contributed by atoms with Gasteiger partial charge in [0.2, 0.25) is 0 Å². The lowest BCUT2D eigenvalue weighted by Gasteiger charge is -2.21. The third-order valence-corrected chi connectivity index (χ3v) is 6.11. The van der Waals surface area contributed by atoms with E-state index in [4.69, 9.17) is 0 Å². The van der Waals surface area contributed by atoms with Gasteiger partial charge in [-0.15, -0.1) is 0 Å². The van der Waals surface area contributed by atoms with Gasteiger partial charge in [0.25, 0.3) is 5.91 Å². The van der Waals surface area contributed by atoms with Crippen LogP contribution in [0.2, 0.25) is 0 Å². The lowest BCUT2D eigenvalue weighted by molar-refractivity contribution is -0.142. The Morgan fingerprint density at radius 3 is 2.31 bits per heavy atom. The second kappa shape index (κ2) is 8.32. The summed E-state index contributed by atoms with van der Waals surface area (Å²) in [5.74, 6) is 0.0697. The van der Waals surface area contributed by atoms with Crippen LogP contribution in [0.3, 0.4) is 0 Å². The average molecular weight is 408 g/mol. The summed E-state index contributed by atoms with van der Waals surface area (Å²) in [6, 6.07) is 2.52. The first-order valence-corrected chi connectivity index (χ1v) is 10.7. The zero-order valence-electron chi connectivity index (χ0n) is 16.5. The molecule has 1 saturated carbocycles. The third-order valence-electron chi connectivity index (χ3n) is 6.11. The van der Waals surface area contributed by atoms with E-state index in [1.54, 1.807) is 4.90 Å².